The summed E-state index contributed by atoms with van der Waals surface area (Å²) in [6.45, 7) is 4.14. The zero-order valence-corrected chi connectivity index (χ0v) is 16.8. The second-order valence-corrected chi connectivity index (χ2v) is 6.36. The highest BCUT2D eigenvalue weighted by Crippen LogP contribution is 2.27. The number of nitrogens with two attached hydrogens (primary N) is 2. The molecule has 1 amide bonds. The summed E-state index contributed by atoms with van der Waals surface area (Å²) in [5.74, 6) is 0.175. The number of guanidine groups is 2. The number of amides is 1. The van der Waals surface area contributed by atoms with Gasteiger partial charge in [0.05, 0.1) is 0 Å². The summed E-state index contributed by atoms with van der Waals surface area (Å²) in [5, 5.41) is 2.88. The molecule has 1 aromatic heterocycles. The van der Waals surface area contributed by atoms with E-state index in [1.54, 1.807) is 35.5 Å². The minimum absolute atomic E-state index is 0. The molecule has 0 aliphatic carbocycles. The van der Waals surface area contributed by atoms with Crippen LogP contribution < -0.4 is 21.7 Å². The van der Waals surface area contributed by atoms with E-state index in [0.29, 0.717) is 17.8 Å². The van der Waals surface area contributed by atoms with Crippen LogP contribution in [-0.2, 0) is 6.54 Å². The van der Waals surface area contributed by atoms with Crippen LogP contribution in [0.2, 0.25) is 0 Å². The van der Waals surface area contributed by atoms with Gasteiger partial charge in [-0.3, -0.25) is 14.7 Å². The van der Waals surface area contributed by atoms with E-state index >= 15 is 0 Å². The summed E-state index contributed by atoms with van der Waals surface area (Å²) in [6.07, 6.45) is 3.41. The number of aliphatic imine (C=N–C) groups is 2. The molecule has 0 saturated heterocycles. The lowest BCUT2D eigenvalue weighted by atomic mass is 10.1. The Balaban J connectivity index is 0.00000261. The van der Waals surface area contributed by atoms with Crippen LogP contribution in [0.5, 0.6) is 0 Å². The molecular weight excluding hydrogens is 410 g/mol. The predicted molar refractivity (Wildman–Crippen MR) is 112 cm³/mol. The fourth-order valence-corrected chi connectivity index (χ4v) is 2.82. The second kappa shape index (κ2) is 8.17. The van der Waals surface area contributed by atoms with Crippen molar-refractivity contribution < 1.29 is 4.79 Å². The van der Waals surface area contributed by atoms with Crippen molar-refractivity contribution in [2.45, 2.75) is 26.1 Å². The van der Waals surface area contributed by atoms with Crippen molar-refractivity contribution in [2.24, 2.45) is 21.5 Å². The predicted octanol–water partition coefficient (Wildman–Crippen LogP) is 1.77. The van der Waals surface area contributed by atoms with Gasteiger partial charge in [0.1, 0.15) is 5.66 Å². The highest BCUT2D eigenvalue weighted by molar-refractivity contribution is 8.93. The van der Waals surface area contributed by atoms with Gasteiger partial charge in [0.15, 0.2) is 0 Å². The molecular formula is C18H22BrN7O. The lowest BCUT2D eigenvalue weighted by Gasteiger charge is -2.38. The summed E-state index contributed by atoms with van der Waals surface area (Å²) in [6, 6.07) is 10.9. The number of rotatable bonds is 4. The molecule has 1 aliphatic heterocycles. The van der Waals surface area contributed by atoms with E-state index in [0.717, 1.165) is 5.56 Å². The van der Waals surface area contributed by atoms with E-state index in [1.807, 2.05) is 32.0 Å². The smallest absolute Gasteiger partial charge is 0.251 e. The third-order valence-electron chi connectivity index (χ3n) is 3.94. The Morgan fingerprint density at radius 1 is 1.22 bits per heavy atom. The maximum Gasteiger partial charge on any atom is 0.251 e. The molecule has 9 heteroatoms. The van der Waals surface area contributed by atoms with Gasteiger partial charge in [0, 0.05) is 30.2 Å². The number of nitrogens with zero attached hydrogens (tertiary/aromatic N) is 4. The molecule has 3 rings (SSSR count). The van der Waals surface area contributed by atoms with Crippen LogP contribution in [0, 0.1) is 0 Å². The molecule has 0 unspecified atom stereocenters. The van der Waals surface area contributed by atoms with Crippen LogP contribution in [0.25, 0.3) is 0 Å². The molecule has 1 aromatic carbocycles. The molecule has 2 heterocycles. The molecule has 1 aliphatic rings. The molecule has 5 N–H and O–H groups in total. The highest BCUT2D eigenvalue weighted by Gasteiger charge is 2.33. The quantitative estimate of drug-likeness (QED) is 0.680. The number of carbonyl (C=O) groups is 1. The zero-order valence-electron chi connectivity index (χ0n) is 15.1. The van der Waals surface area contributed by atoms with Crippen molar-refractivity contribution in [3.63, 3.8) is 0 Å². The Bertz CT molecular complexity index is 880. The lowest BCUT2D eigenvalue weighted by Crippen LogP contribution is -2.54. The Kier molecular flexibility index (Phi) is 6.17. The average Bonchev–Trinajstić information content (AvgIpc) is 2.59. The van der Waals surface area contributed by atoms with Gasteiger partial charge in [-0.25, -0.2) is 4.99 Å². The van der Waals surface area contributed by atoms with Crippen molar-refractivity contribution in [1.29, 1.82) is 0 Å². The van der Waals surface area contributed by atoms with Crippen LogP contribution in [-0.4, -0.2) is 28.5 Å². The standard InChI is InChI=1S/C18H21N7O.BrH/c1-18(2)24-16(19)23-17(20)25(18)14-7-3-6-13(9-14)15(26)22-11-12-5-4-8-21-10-12;/h3-10H,11H2,1-2H3,(H,22,26)(H4,19,20,23,24);1H. The number of aromatic nitrogens is 1. The van der Waals surface area contributed by atoms with Crippen LogP contribution in [0.1, 0.15) is 29.8 Å². The van der Waals surface area contributed by atoms with Gasteiger partial charge in [-0.2, -0.15) is 4.99 Å². The SMILES string of the molecule is Br.CC1(C)N=C(N)N=C(N)N1c1cccc(C(=O)NCc2cccnc2)c1. The third-order valence-corrected chi connectivity index (χ3v) is 3.94. The average molecular weight is 432 g/mol. The van der Waals surface area contributed by atoms with Crippen molar-refractivity contribution in [2.75, 3.05) is 4.90 Å². The number of pyridine rings is 1. The summed E-state index contributed by atoms with van der Waals surface area (Å²) >= 11 is 0. The minimum Gasteiger partial charge on any atom is -0.369 e. The minimum atomic E-state index is -0.708. The maximum absolute atomic E-state index is 12.5. The van der Waals surface area contributed by atoms with Gasteiger partial charge in [0.25, 0.3) is 5.91 Å². The van der Waals surface area contributed by atoms with Crippen molar-refractivity contribution in [3.8, 4) is 0 Å². The molecule has 27 heavy (non-hydrogen) atoms. The molecule has 0 spiro atoms. The van der Waals surface area contributed by atoms with Crippen LogP contribution in [0.3, 0.4) is 0 Å². The first-order valence-electron chi connectivity index (χ1n) is 8.14. The number of hydrogen-bond donors (Lipinski definition) is 3. The summed E-state index contributed by atoms with van der Waals surface area (Å²) < 4.78 is 0. The fourth-order valence-electron chi connectivity index (χ4n) is 2.82. The fraction of sp³-hybridized carbons (Fsp3) is 0.222. The Morgan fingerprint density at radius 3 is 2.67 bits per heavy atom. The van der Waals surface area contributed by atoms with Gasteiger partial charge in [-0.05, 0) is 43.7 Å². The first-order valence-corrected chi connectivity index (χ1v) is 8.14. The number of nitrogens with one attached hydrogen (secondary N) is 1. The molecule has 0 bridgehead atoms. The van der Waals surface area contributed by atoms with Crippen molar-refractivity contribution in [1.82, 2.24) is 10.3 Å². The van der Waals surface area contributed by atoms with Crippen molar-refractivity contribution in [3.05, 3.63) is 59.9 Å². The van der Waals surface area contributed by atoms with Gasteiger partial charge < -0.3 is 16.8 Å². The van der Waals surface area contributed by atoms with E-state index in [2.05, 4.69) is 20.3 Å². The van der Waals surface area contributed by atoms with E-state index in [9.17, 15) is 4.79 Å². The molecule has 0 atom stereocenters. The first-order chi connectivity index (χ1) is 12.4. The number of hydrogen-bond acceptors (Lipinski definition) is 7. The number of carbonyl (C=O) groups excluding carboxylic acids is 1. The monoisotopic (exact) mass is 431 g/mol. The summed E-state index contributed by atoms with van der Waals surface area (Å²) in [5.41, 5.74) is 13.2. The van der Waals surface area contributed by atoms with E-state index in [4.69, 9.17) is 11.5 Å². The van der Waals surface area contributed by atoms with E-state index in [1.165, 1.54) is 0 Å². The van der Waals surface area contributed by atoms with Gasteiger partial charge in [-0.15, -0.1) is 17.0 Å². The van der Waals surface area contributed by atoms with Gasteiger partial charge in [0.2, 0.25) is 11.9 Å². The molecule has 8 nitrogen and oxygen atoms in total. The van der Waals surface area contributed by atoms with E-state index < -0.39 is 5.66 Å². The summed E-state index contributed by atoms with van der Waals surface area (Å²) in [4.78, 5) is 26.6. The molecule has 0 radical (unpaired) electrons. The Labute approximate surface area is 168 Å². The molecule has 0 saturated carbocycles. The Hall–Kier alpha value is -2.94. The Morgan fingerprint density at radius 2 is 2.00 bits per heavy atom. The highest BCUT2D eigenvalue weighted by atomic mass is 79.9. The topological polar surface area (TPSA) is 122 Å². The largest absolute Gasteiger partial charge is 0.369 e. The van der Waals surface area contributed by atoms with Crippen LogP contribution in [0.15, 0.2) is 58.8 Å². The molecule has 0 fully saturated rings. The maximum atomic E-state index is 12.5. The van der Waals surface area contributed by atoms with Crippen molar-refractivity contribution >= 4 is 40.5 Å². The third kappa shape index (κ3) is 4.62. The summed E-state index contributed by atoms with van der Waals surface area (Å²) in [7, 11) is 0. The normalized spacial score (nSPS) is 15.3. The number of anilines is 1. The molecule has 142 valence electrons. The number of benzene rings is 1. The van der Waals surface area contributed by atoms with Gasteiger partial charge in [-0.1, -0.05) is 12.1 Å². The lowest BCUT2D eigenvalue weighted by molar-refractivity contribution is 0.0951. The van der Waals surface area contributed by atoms with E-state index in [-0.39, 0.29) is 34.8 Å². The molecule has 2 aromatic rings. The van der Waals surface area contributed by atoms with Crippen LogP contribution in [0.4, 0.5) is 5.69 Å². The number of halogens is 1. The first kappa shape index (κ1) is 20.4. The van der Waals surface area contributed by atoms with Gasteiger partial charge >= 0.3 is 0 Å². The second-order valence-electron chi connectivity index (χ2n) is 6.36. The zero-order chi connectivity index (χ0) is 18.7. The van der Waals surface area contributed by atoms with Crippen LogP contribution >= 0.6 is 17.0 Å².